The molecular weight excluding hydrogens is 673 g/mol. The first-order valence-corrected chi connectivity index (χ1v) is 17.3. The third kappa shape index (κ3) is 19.1. The molecule has 6 aromatic rings. The first kappa shape index (κ1) is 45.1. The van der Waals surface area contributed by atoms with E-state index in [1.54, 1.807) is 0 Å². The first-order chi connectivity index (χ1) is 23.8. The number of aromatic nitrogens is 4. The van der Waals surface area contributed by atoms with Gasteiger partial charge in [-0.05, 0) is 74.2 Å². The van der Waals surface area contributed by atoms with Gasteiger partial charge in [0, 0.05) is 82.3 Å². The van der Waals surface area contributed by atoms with Crippen LogP contribution >= 0.6 is 0 Å². The second kappa shape index (κ2) is 30.2. The Morgan fingerprint density at radius 1 is 0.327 bits per heavy atom. The zero-order valence-electron chi connectivity index (χ0n) is 30.9. The summed E-state index contributed by atoms with van der Waals surface area (Å²) in [6.45, 7) is 16.0. The van der Waals surface area contributed by atoms with Crippen molar-refractivity contribution < 1.29 is 32.7 Å². The van der Waals surface area contributed by atoms with Gasteiger partial charge in [-0.25, -0.2) is 0 Å². The molecule has 0 amide bonds. The number of hydrogen-bond donors (Lipinski definition) is 0. The van der Waals surface area contributed by atoms with Crippen LogP contribution in [-0.4, -0.2) is 19.9 Å². The molecule has 1 radical (unpaired) electrons. The summed E-state index contributed by atoms with van der Waals surface area (Å²) in [6, 6.07) is 35.6. The summed E-state index contributed by atoms with van der Waals surface area (Å²) in [5, 5.41) is 0. The van der Waals surface area contributed by atoms with Crippen molar-refractivity contribution in [1.29, 1.82) is 0 Å². The van der Waals surface area contributed by atoms with Crippen molar-refractivity contribution in [2.45, 2.75) is 81.1 Å². The van der Waals surface area contributed by atoms with Crippen LogP contribution < -0.4 is 0 Å². The Morgan fingerprint density at radius 3 is 0.694 bits per heavy atom. The van der Waals surface area contributed by atoms with E-state index < -0.39 is 0 Å². The molecular formula is C44H54N4Y-2. The second-order valence-electron chi connectivity index (χ2n) is 9.63. The quantitative estimate of drug-likeness (QED) is 0.147. The van der Waals surface area contributed by atoms with Crippen molar-refractivity contribution in [2.75, 3.05) is 0 Å². The molecule has 0 saturated heterocycles. The van der Waals surface area contributed by atoms with Gasteiger partial charge in [0.2, 0.25) is 0 Å². The van der Waals surface area contributed by atoms with E-state index in [1.807, 2.05) is 105 Å². The number of pyridine rings is 4. The average Bonchev–Trinajstić information content (AvgIpc) is 3.17. The Labute approximate surface area is 322 Å². The van der Waals surface area contributed by atoms with Gasteiger partial charge in [0.1, 0.15) is 0 Å². The summed E-state index contributed by atoms with van der Waals surface area (Å²) in [5.41, 5.74) is 10.2. The van der Waals surface area contributed by atoms with Crippen molar-refractivity contribution in [3.63, 3.8) is 0 Å². The largest absolute Gasteiger partial charge is 0.265 e. The van der Waals surface area contributed by atoms with E-state index in [0.717, 1.165) is 25.7 Å². The van der Waals surface area contributed by atoms with Crippen LogP contribution in [0.1, 0.15) is 99.9 Å². The average molecular weight is 728 g/mol. The van der Waals surface area contributed by atoms with Gasteiger partial charge in [0.25, 0.3) is 0 Å². The molecule has 0 saturated carbocycles. The van der Waals surface area contributed by atoms with Gasteiger partial charge >= 0.3 is 0 Å². The van der Waals surface area contributed by atoms with E-state index >= 15 is 0 Å². The van der Waals surface area contributed by atoms with Crippen molar-refractivity contribution >= 4 is 0 Å². The van der Waals surface area contributed by atoms with Crippen molar-refractivity contribution in [3.05, 3.63) is 191 Å². The molecule has 5 heteroatoms. The summed E-state index contributed by atoms with van der Waals surface area (Å²) in [7, 11) is 0. The van der Waals surface area contributed by atoms with Crippen molar-refractivity contribution in [3.8, 4) is 0 Å². The van der Waals surface area contributed by atoms with Crippen LogP contribution in [0.2, 0.25) is 0 Å². The summed E-state index contributed by atoms with van der Waals surface area (Å²) in [4.78, 5) is 16.2. The van der Waals surface area contributed by atoms with E-state index in [-0.39, 0.29) is 32.7 Å². The normalized spacial score (nSPS) is 8.98. The zero-order valence-corrected chi connectivity index (χ0v) is 33.7. The van der Waals surface area contributed by atoms with Gasteiger partial charge in [-0.2, -0.15) is 70.8 Å². The maximum atomic E-state index is 4.05. The Balaban J connectivity index is 0.000000769. The van der Waals surface area contributed by atoms with Crippen LogP contribution in [0.3, 0.4) is 0 Å². The summed E-state index contributed by atoms with van der Waals surface area (Å²) in [5.74, 6) is 0. The fourth-order valence-corrected chi connectivity index (χ4v) is 4.51. The third-order valence-corrected chi connectivity index (χ3v) is 6.45. The Bertz CT molecular complexity index is 1340. The zero-order chi connectivity index (χ0) is 35.2. The number of hydrogen-bond acceptors (Lipinski definition) is 4. The Kier molecular flexibility index (Phi) is 27.8. The molecule has 4 nitrogen and oxygen atoms in total. The maximum absolute atomic E-state index is 4.05. The van der Waals surface area contributed by atoms with E-state index in [9.17, 15) is 0 Å². The van der Waals surface area contributed by atoms with Gasteiger partial charge in [-0.3, -0.25) is 19.9 Å². The first-order valence-electron chi connectivity index (χ1n) is 17.3. The predicted molar refractivity (Wildman–Crippen MR) is 204 cm³/mol. The second-order valence-corrected chi connectivity index (χ2v) is 9.63. The molecule has 6 rings (SSSR count). The van der Waals surface area contributed by atoms with Gasteiger partial charge in [0.15, 0.2) is 0 Å². The molecule has 49 heavy (non-hydrogen) atoms. The molecule has 2 aromatic carbocycles. The van der Waals surface area contributed by atoms with E-state index in [2.05, 4.69) is 117 Å². The number of rotatable bonds is 8. The monoisotopic (exact) mass is 727 g/mol. The van der Waals surface area contributed by atoms with E-state index in [4.69, 9.17) is 0 Å². The van der Waals surface area contributed by atoms with Crippen LogP contribution in [0.15, 0.2) is 135 Å². The molecule has 0 aliphatic heterocycles. The Morgan fingerprint density at radius 2 is 0.510 bits per heavy atom. The molecule has 4 heterocycles. The number of nitrogens with zero attached hydrogens (tertiary/aromatic N) is 4. The summed E-state index contributed by atoms with van der Waals surface area (Å²) < 4.78 is 0. The molecule has 0 bridgehead atoms. The number of benzene rings is 2. The Hall–Kier alpha value is -3.86. The van der Waals surface area contributed by atoms with Crippen molar-refractivity contribution in [2.24, 2.45) is 0 Å². The van der Waals surface area contributed by atoms with E-state index in [0.29, 0.717) is 0 Å². The molecule has 0 aliphatic carbocycles. The van der Waals surface area contributed by atoms with Crippen LogP contribution in [0.5, 0.6) is 0 Å². The van der Waals surface area contributed by atoms with Gasteiger partial charge in [-0.1, -0.05) is 77.6 Å². The maximum Gasteiger partial charge on any atom is 0.0270 e. The molecule has 4 aromatic heterocycles. The van der Waals surface area contributed by atoms with Gasteiger partial charge in [-0.15, -0.1) is 0 Å². The molecule has 0 spiro atoms. The summed E-state index contributed by atoms with van der Waals surface area (Å²) in [6.07, 6.45) is 18.3. The molecule has 255 valence electrons. The topological polar surface area (TPSA) is 51.6 Å². The molecule has 0 unspecified atom stereocenters. The van der Waals surface area contributed by atoms with Crippen molar-refractivity contribution in [1.82, 2.24) is 19.9 Å². The molecule has 0 N–H and O–H groups in total. The minimum absolute atomic E-state index is 0. The minimum atomic E-state index is 0. The molecule has 0 atom stereocenters. The van der Waals surface area contributed by atoms with Crippen LogP contribution in [0.4, 0.5) is 0 Å². The standard InChI is InChI=1S/2C18H15N2.4C2H6.Y/c2*1-2-17(12-15-4-8-19-9-5-15)14-18(3-1)13-16-6-10-20-11-7-16;4*1-2;/h2*2-11,14H,12-13H2;4*1-2H3;/q2*-1;;;;;. The summed E-state index contributed by atoms with van der Waals surface area (Å²) >= 11 is 0. The van der Waals surface area contributed by atoms with Crippen LogP contribution in [0.25, 0.3) is 0 Å². The molecule has 0 fully saturated rings. The fraction of sp³-hybridized carbons (Fsp3) is 0.273. The van der Waals surface area contributed by atoms with Gasteiger partial charge in [0.05, 0.1) is 0 Å². The predicted octanol–water partition coefficient (Wildman–Crippen LogP) is 11.0. The SMILES string of the molecule is CC.CC.CC.CC.[Y].[c-]1cc(Cc2ccncc2)cc(Cc2ccncc2)c1.[c-]1cc(Cc2ccncc2)cc(Cc2ccncc2)c1. The van der Waals surface area contributed by atoms with Crippen LogP contribution in [-0.2, 0) is 58.4 Å². The fourth-order valence-electron chi connectivity index (χ4n) is 4.51. The smallest absolute Gasteiger partial charge is 0.0270 e. The van der Waals surface area contributed by atoms with Crippen LogP contribution in [0, 0.1) is 12.1 Å². The van der Waals surface area contributed by atoms with Gasteiger partial charge < -0.3 is 0 Å². The van der Waals surface area contributed by atoms with E-state index in [1.165, 1.54) is 44.5 Å². The third-order valence-electron chi connectivity index (χ3n) is 6.45. The molecule has 0 aliphatic rings. The minimum Gasteiger partial charge on any atom is -0.265 e.